The van der Waals surface area contributed by atoms with E-state index in [9.17, 15) is 4.79 Å². The van der Waals surface area contributed by atoms with Gasteiger partial charge in [0.25, 0.3) is 0 Å². The number of nitrogens with zero attached hydrogens (tertiary/aromatic N) is 4. The Morgan fingerprint density at radius 3 is 2.54 bits per heavy atom. The highest BCUT2D eigenvalue weighted by atomic mass is 16.1. The third-order valence-electron chi connectivity index (χ3n) is 5.80. The van der Waals surface area contributed by atoms with E-state index in [1.165, 1.54) is 0 Å². The van der Waals surface area contributed by atoms with Crippen LogP contribution in [-0.2, 0) is 4.79 Å². The molecule has 0 saturated carbocycles. The molecule has 6 nitrogen and oxygen atoms in total. The SMILES string of the molecule is CC(=O)N[C@H]1CCN(C2CCN(c3cc(C)nc(-c4ccccc4)n3)CC2)C1. The molecule has 1 aromatic carbocycles. The minimum Gasteiger partial charge on any atom is -0.356 e. The normalized spacial score (nSPS) is 21.1. The van der Waals surface area contributed by atoms with Gasteiger partial charge in [-0.15, -0.1) is 0 Å². The Balaban J connectivity index is 1.39. The molecule has 2 saturated heterocycles. The van der Waals surface area contributed by atoms with Crippen molar-refractivity contribution in [3.8, 4) is 11.4 Å². The highest BCUT2D eigenvalue weighted by Gasteiger charge is 2.31. The zero-order chi connectivity index (χ0) is 19.5. The summed E-state index contributed by atoms with van der Waals surface area (Å²) in [7, 11) is 0. The van der Waals surface area contributed by atoms with Gasteiger partial charge in [-0.2, -0.15) is 0 Å². The summed E-state index contributed by atoms with van der Waals surface area (Å²) in [5, 5.41) is 3.07. The number of piperidine rings is 1. The third-order valence-corrected chi connectivity index (χ3v) is 5.80. The smallest absolute Gasteiger partial charge is 0.217 e. The fraction of sp³-hybridized carbons (Fsp3) is 0.500. The maximum absolute atomic E-state index is 11.3. The van der Waals surface area contributed by atoms with Crippen LogP contribution in [0.25, 0.3) is 11.4 Å². The fourth-order valence-corrected chi connectivity index (χ4v) is 4.41. The van der Waals surface area contributed by atoms with E-state index in [4.69, 9.17) is 4.98 Å². The number of aryl methyl sites for hydroxylation is 1. The van der Waals surface area contributed by atoms with Crippen LogP contribution in [0, 0.1) is 6.92 Å². The van der Waals surface area contributed by atoms with E-state index >= 15 is 0 Å². The molecule has 1 atom stereocenters. The van der Waals surface area contributed by atoms with Gasteiger partial charge in [0.05, 0.1) is 0 Å². The molecule has 148 valence electrons. The Kier molecular flexibility index (Phi) is 5.57. The van der Waals surface area contributed by atoms with Gasteiger partial charge in [0.2, 0.25) is 5.91 Å². The van der Waals surface area contributed by atoms with Gasteiger partial charge in [-0.05, 0) is 26.2 Å². The lowest BCUT2D eigenvalue weighted by molar-refractivity contribution is -0.119. The van der Waals surface area contributed by atoms with Crippen molar-refractivity contribution in [2.75, 3.05) is 31.1 Å². The second kappa shape index (κ2) is 8.27. The zero-order valence-corrected chi connectivity index (χ0v) is 16.8. The molecule has 6 heteroatoms. The molecule has 2 fully saturated rings. The van der Waals surface area contributed by atoms with Gasteiger partial charge < -0.3 is 10.2 Å². The molecule has 2 aromatic rings. The van der Waals surface area contributed by atoms with Crippen molar-refractivity contribution < 1.29 is 4.79 Å². The van der Waals surface area contributed by atoms with Crippen LogP contribution in [0.15, 0.2) is 36.4 Å². The lowest BCUT2D eigenvalue weighted by Crippen LogP contribution is -2.45. The Labute approximate surface area is 167 Å². The van der Waals surface area contributed by atoms with Crippen LogP contribution in [-0.4, -0.2) is 59.0 Å². The molecule has 0 radical (unpaired) electrons. The quantitative estimate of drug-likeness (QED) is 0.885. The summed E-state index contributed by atoms with van der Waals surface area (Å²) >= 11 is 0. The van der Waals surface area contributed by atoms with Crippen LogP contribution in [0.1, 0.15) is 31.9 Å². The molecule has 0 bridgehead atoms. The summed E-state index contributed by atoms with van der Waals surface area (Å²) in [6.45, 7) is 7.73. The standard InChI is InChI=1S/C22H29N5O/c1-16-14-21(25-22(23-16)18-6-4-3-5-7-18)26-12-9-20(10-13-26)27-11-8-19(15-27)24-17(2)28/h3-7,14,19-20H,8-13,15H2,1-2H3,(H,24,28)/t19-/m0/s1. The van der Waals surface area contributed by atoms with E-state index in [-0.39, 0.29) is 5.91 Å². The van der Waals surface area contributed by atoms with E-state index in [0.29, 0.717) is 12.1 Å². The fourth-order valence-electron chi connectivity index (χ4n) is 4.41. The van der Waals surface area contributed by atoms with Gasteiger partial charge in [-0.1, -0.05) is 30.3 Å². The van der Waals surface area contributed by atoms with Crippen LogP contribution in [0.2, 0.25) is 0 Å². The number of hydrogen-bond acceptors (Lipinski definition) is 5. The number of aromatic nitrogens is 2. The van der Waals surface area contributed by atoms with Gasteiger partial charge in [0.1, 0.15) is 5.82 Å². The molecule has 2 aliphatic heterocycles. The average Bonchev–Trinajstić information content (AvgIpc) is 3.16. The third kappa shape index (κ3) is 4.33. The molecule has 1 N–H and O–H groups in total. The molecule has 0 unspecified atom stereocenters. The van der Waals surface area contributed by atoms with Crippen molar-refractivity contribution in [1.82, 2.24) is 20.2 Å². The Morgan fingerprint density at radius 1 is 1.07 bits per heavy atom. The highest BCUT2D eigenvalue weighted by molar-refractivity contribution is 5.73. The number of benzene rings is 1. The lowest BCUT2D eigenvalue weighted by atomic mass is 10.0. The van der Waals surface area contributed by atoms with Gasteiger partial charge in [0.15, 0.2) is 5.82 Å². The molecular formula is C22H29N5O. The van der Waals surface area contributed by atoms with Crippen LogP contribution >= 0.6 is 0 Å². The molecule has 4 rings (SSSR count). The van der Waals surface area contributed by atoms with E-state index in [2.05, 4.69) is 38.3 Å². The topological polar surface area (TPSA) is 61.4 Å². The molecular weight excluding hydrogens is 350 g/mol. The Bertz CT molecular complexity index is 817. The van der Waals surface area contributed by atoms with Gasteiger partial charge in [-0.25, -0.2) is 9.97 Å². The van der Waals surface area contributed by atoms with Crippen LogP contribution < -0.4 is 10.2 Å². The number of hydrogen-bond donors (Lipinski definition) is 1. The second-order valence-corrected chi connectivity index (χ2v) is 7.96. The van der Waals surface area contributed by atoms with Crippen LogP contribution in [0.3, 0.4) is 0 Å². The van der Waals surface area contributed by atoms with E-state index in [1.807, 2.05) is 25.1 Å². The van der Waals surface area contributed by atoms with Gasteiger partial charge >= 0.3 is 0 Å². The molecule has 2 aliphatic rings. The van der Waals surface area contributed by atoms with Crippen molar-refractivity contribution >= 4 is 11.7 Å². The Morgan fingerprint density at radius 2 is 1.82 bits per heavy atom. The van der Waals surface area contributed by atoms with Crippen molar-refractivity contribution in [2.24, 2.45) is 0 Å². The predicted octanol–water partition coefficient (Wildman–Crippen LogP) is 2.63. The number of nitrogens with one attached hydrogen (secondary N) is 1. The monoisotopic (exact) mass is 379 g/mol. The van der Waals surface area contributed by atoms with Crippen molar-refractivity contribution in [3.05, 3.63) is 42.1 Å². The van der Waals surface area contributed by atoms with E-state index in [1.54, 1.807) is 6.92 Å². The molecule has 0 spiro atoms. The largest absolute Gasteiger partial charge is 0.356 e. The first-order chi connectivity index (χ1) is 13.6. The summed E-state index contributed by atoms with van der Waals surface area (Å²) in [4.78, 5) is 25.7. The Hall–Kier alpha value is -2.47. The van der Waals surface area contributed by atoms with Crippen LogP contribution in [0.5, 0.6) is 0 Å². The minimum atomic E-state index is 0.0787. The predicted molar refractivity (Wildman–Crippen MR) is 111 cm³/mol. The van der Waals surface area contributed by atoms with Crippen molar-refractivity contribution in [3.63, 3.8) is 0 Å². The highest BCUT2D eigenvalue weighted by Crippen LogP contribution is 2.26. The first-order valence-electron chi connectivity index (χ1n) is 10.3. The average molecular weight is 380 g/mol. The number of amides is 1. The second-order valence-electron chi connectivity index (χ2n) is 7.96. The molecule has 1 amide bonds. The van der Waals surface area contributed by atoms with Crippen molar-refractivity contribution in [1.29, 1.82) is 0 Å². The lowest BCUT2D eigenvalue weighted by Gasteiger charge is -2.37. The van der Waals surface area contributed by atoms with E-state index in [0.717, 1.165) is 68.3 Å². The number of rotatable bonds is 4. The maximum Gasteiger partial charge on any atom is 0.217 e. The van der Waals surface area contributed by atoms with Gasteiger partial charge in [-0.3, -0.25) is 9.69 Å². The van der Waals surface area contributed by atoms with E-state index < -0.39 is 0 Å². The van der Waals surface area contributed by atoms with Crippen molar-refractivity contribution in [2.45, 2.75) is 45.2 Å². The van der Waals surface area contributed by atoms with Crippen LogP contribution in [0.4, 0.5) is 5.82 Å². The number of carbonyl (C=O) groups excluding carboxylic acids is 1. The first kappa shape index (κ1) is 18.9. The number of likely N-dealkylation sites (tertiary alicyclic amines) is 1. The number of carbonyl (C=O) groups is 1. The minimum absolute atomic E-state index is 0.0787. The molecule has 3 heterocycles. The maximum atomic E-state index is 11.3. The molecule has 1 aromatic heterocycles. The summed E-state index contributed by atoms with van der Waals surface area (Å²) in [6, 6.07) is 13.2. The number of anilines is 1. The summed E-state index contributed by atoms with van der Waals surface area (Å²) in [5.41, 5.74) is 2.06. The molecule has 28 heavy (non-hydrogen) atoms. The summed E-state index contributed by atoms with van der Waals surface area (Å²) in [5.74, 6) is 1.91. The first-order valence-corrected chi connectivity index (χ1v) is 10.3. The van der Waals surface area contributed by atoms with Gasteiger partial charge in [0, 0.05) is 62.5 Å². The summed E-state index contributed by atoms with van der Waals surface area (Å²) < 4.78 is 0. The molecule has 0 aliphatic carbocycles. The zero-order valence-electron chi connectivity index (χ0n) is 16.8. The summed E-state index contributed by atoms with van der Waals surface area (Å²) in [6.07, 6.45) is 3.33.